The summed E-state index contributed by atoms with van der Waals surface area (Å²) in [5.74, 6) is 1.23. The Hall–Kier alpha value is -3.79. The fourth-order valence-electron chi connectivity index (χ4n) is 4.99. The molecule has 2 saturated heterocycles. The number of hydrogen-bond acceptors (Lipinski definition) is 9. The molecule has 0 aliphatic carbocycles. The molecule has 206 valence electrons. The Bertz CT molecular complexity index is 1250. The van der Waals surface area contributed by atoms with Crippen LogP contribution in [0.1, 0.15) is 49.7 Å². The Morgan fingerprint density at radius 1 is 0.897 bits per heavy atom. The molecule has 5 heterocycles. The van der Waals surface area contributed by atoms with Crippen molar-refractivity contribution in [3.63, 3.8) is 0 Å². The lowest BCUT2D eigenvalue weighted by atomic mass is 9.88. The molecule has 0 bridgehead atoms. The van der Waals surface area contributed by atoms with E-state index in [0.29, 0.717) is 18.1 Å². The number of hydrogen-bond donors (Lipinski definition) is 2. The number of carbonyl (C=O) groups excluding carboxylic acids is 1. The number of amides is 1. The van der Waals surface area contributed by atoms with E-state index in [9.17, 15) is 4.79 Å². The molecule has 1 atom stereocenters. The van der Waals surface area contributed by atoms with Crippen LogP contribution in [0.3, 0.4) is 0 Å². The number of aromatic nitrogens is 4. The quantitative estimate of drug-likeness (QED) is 0.497. The van der Waals surface area contributed by atoms with Crippen molar-refractivity contribution in [2.45, 2.75) is 45.1 Å². The fourth-order valence-corrected chi connectivity index (χ4v) is 4.99. The summed E-state index contributed by atoms with van der Waals surface area (Å²) in [4.78, 5) is 28.8. The lowest BCUT2D eigenvalue weighted by Crippen LogP contribution is -2.48. The summed E-state index contributed by atoms with van der Waals surface area (Å²) in [7, 11) is 2.15. The molecule has 10 heteroatoms. The fraction of sp³-hybridized carbons (Fsp3) is 0.483. The molecule has 0 radical (unpaired) electrons. The van der Waals surface area contributed by atoms with E-state index in [1.165, 1.54) is 0 Å². The average Bonchev–Trinajstić information content (AvgIpc) is 2.94. The molecule has 2 N–H and O–H groups in total. The normalized spacial score (nSPS) is 18.6. The van der Waals surface area contributed by atoms with Gasteiger partial charge in [0.1, 0.15) is 11.5 Å². The molecule has 2 fully saturated rings. The number of nitrogens with one attached hydrogen (secondary N) is 2. The number of pyridine rings is 2. The van der Waals surface area contributed by atoms with Gasteiger partial charge in [0.25, 0.3) is 5.91 Å². The minimum Gasteiger partial charge on any atom is -0.368 e. The standard InChI is InChI=1S/C29H39N9O/c1-29(2,3)21-7-9-25(30-17-21)28(39)33-22-6-5-11-38(20-22)24-16-27(35-32-19-24)34-26-10-8-23(18-31-26)37-14-12-36(4)13-15-37/h7-10,16-19,22H,5-6,11-15,20H2,1-4H3,(H,33,39)(H,31,34,35). The van der Waals surface area contributed by atoms with Crippen LogP contribution < -0.4 is 20.4 Å². The molecule has 3 aromatic rings. The van der Waals surface area contributed by atoms with Gasteiger partial charge in [-0.1, -0.05) is 26.8 Å². The molecule has 2 aliphatic heterocycles. The van der Waals surface area contributed by atoms with E-state index < -0.39 is 0 Å². The van der Waals surface area contributed by atoms with E-state index in [4.69, 9.17) is 0 Å². The van der Waals surface area contributed by atoms with Gasteiger partial charge in [0.05, 0.1) is 23.8 Å². The van der Waals surface area contributed by atoms with E-state index in [1.807, 2.05) is 30.5 Å². The van der Waals surface area contributed by atoms with Gasteiger partial charge in [0, 0.05) is 57.6 Å². The van der Waals surface area contributed by atoms with Gasteiger partial charge in [0.2, 0.25) is 0 Å². The highest BCUT2D eigenvalue weighted by Gasteiger charge is 2.24. The number of carbonyl (C=O) groups is 1. The maximum Gasteiger partial charge on any atom is 0.270 e. The molecular formula is C29H39N9O. The highest BCUT2D eigenvalue weighted by atomic mass is 16.1. The summed E-state index contributed by atoms with van der Waals surface area (Å²) in [6, 6.07) is 9.90. The Balaban J connectivity index is 1.18. The van der Waals surface area contributed by atoms with Crippen molar-refractivity contribution in [1.29, 1.82) is 0 Å². The third-order valence-corrected chi connectivity index (χ3v) is 7.50. The van der Waals surface area contributed by atoms with Gasteiger partial charge in [-0.3, -0.25) is 9.78 Å². The van der Waals surface area contributed by atoms with Crippen molar-refractivity contribution in [3.8, 4) is 0 Å². The summed E-state index contributed by atoms with van der Waals surface area (Å²) in [6.45, 7) is 12.1. The third-order valence-electron chi connectivity index (χ3n) is 7.50. The smallest absolute Gasteiger partial charge is 0.270 e. The van der Waals surface area contributed by atoms with E-state index in [-0.39, 0.29) is 17.4 Å². The second-order valence-corrected chi connectivity index (χ2v) is 11.6. The lowest BCUT2D eigenvalue weighted by molar-refractivity contribution is 0.0928. The minimum atomic E-state index is -0.136. The first-order chi connectivity index (χ1) is 18.7. The van der Waals surface area contributed by atoms with Crippen molar-refractivity contribution in [2.75, 3.05) is 61.4 Å². The monoisotopic (exact) mass is 529 g/mol. The van der Waals surface area contributed by atoms with Gasteiger partial charge < -0.3 is 25.3 Å². The van der Waals surface area contributed by atoms with Crippen LogP contribution in [-0.2, 0) is 5.41 Å². The molecule has 2 aliphatic rings. The van der Waals surface area contributed by atoms with Gasteiger partial charge >= 0.3 is 0 Å². The van der Waals surface area contributed by atoms with Crippen LogP contribution in [0.4, 0.5) is 23.0 Å². The topological polar surface area (TPSA) is 102 Å². The van der Waals surface area contributed by atoms with Crippen molar-refractivity contribution < 1.29 is 4.79 Å². The maximum atomic E-state index is 12.9. The van der Waals surface area contributed by atoms with Crippen molar-refractivity contribution in [3.05, 3.63) is 60.2 Å². The Labute approximate surface area is 230 Å². The van der Waals surface area contributed by atoms with Gasteiger partial charge in [-0.2, -0.15) is 5.10 Å². The highest BCUT2D eigenvalue weighted by Crippen LogP contribution is 2.24. The van der Waals surface area contributed by atoms with Crippen LogP contribution >= 0.6 is 0 Å². The predicted octanol–water partition coefficient (Wildman–Crippen LogP) is 3.46. The van der Waals surface area contributed by atoms with E-state index in [1.54, 1.807) is 12.4 Å². The highest BCUT2D eigenvalue weighted by molar-refractivity contribution is 5.92. The molecule has 3 aromatic heterocycles. The first kappa shape index (κ1) is 26.8. The zero-order valence-electron chi connectivity index (χ0n) is 23.4. The Morgan fingerprint density at radius 2 is 1.72 bits per heavy atom. The van der Waals surface area contributed by atoms with Gasteiger partial charge in [-0.25, -0.2) is 4.98 Å². The number of likely N-dealkylation sites (N-methyl/N-ethyl adjacent to an activating group) is 1. The second kappa shape index (κ2) is 11.5. The molecule has 0 spiro atoms. The summed E-state index contributed by atoms with van der Waals surface area (Å²) in [6.07, 6.45) is 7.38. The van der Waals surface area contributed by atoms with Crippen LogP contribution in [0.5, 0.6) is 0 Å². The summed E-state index contributed by atoms with van der Waals surface area (Å²) in [5, 5.41) is 14.9. The number of anilines is 4. The summed E-state index contributed by atoms with van der Waals surface area (Å²) < 4.78 is 0. The van der Waals surface area contributed by atoms with E-state index in [2.05, 4.69) is 79.4 Å². The molecule has 1 unspecified atom stereocenters. The zero-order valence-corrected chi connectivity index (χ0v) is 23.4. The molecule has 0 aromatic carbocycles. The van der Waals surface area contributed by atoms with Crippen molar-refractivity contribution in [2.24, 2.45) is 0 Å². The summed E-state index contributed by atoms with van der Waals surface area (Å²) in [5.41, 5.74) is 3.66. The maximum absolute atomic E-state index is 12.9. The lowest BCUT2D eigenvalue weighted by Gasteiger charge is -2.34. The van der Waals surface area contributed by atoms with Gasteiger partial charge in [-0.15, -0.1) is 5.10 Å². The van der Waals surface area contributed by atoms with Crippen molar-refractivity contribution in [1.82, 2.24) is 30.4 Å². The summed E-state index contributed by atoms with van der Waals surface area (Å²) >= 11 is 0. The first-order valence-electron chi connectivity index (χ1n) is 13.8. The Kier molecular flexibility index (Phi) is 7.92. The molecule has 1 amide bonds. The second-order valence-electron chi connectivity index (χ2n) is 11.6. The first-order valence-corrected chi connectivity index (χ1v) is 13.8. The number of piperazine rings is 1. The molecule has 5 rings (SSSR count). The van der Waals surface area contributed by atoms with Crippen molar-refractivity contribution >= 4 is 28.9 Å². The van der Waals surface area contributed by atoms with Crippen LogP contribution in [-0.4, -0.2) is 83.3 Å². The minimum absolute atomic E-state index is 0.00227. The number of piperidine rings is 1. The predicted molar refractivity (Wildman–Crippen MR) is 155 cm³/mol. The van der Waals surface area contributed by atoms with Crippen LogP contribution in [0.2, 0.25) is 0 Å². The Morgan fingerprint density at radius 3 is 2.41 bits per heavy atom. The molecule has 39 heavy (non-hydrogen) atoms. The number of rotatable bonds is 6. The zero-order chi connectivity index (χ0) is 27.4. The van der Waals surface area contributed by atoms with E-state index >= 15 is 0 Å². The van der Waals surface area contributed by atoms with Gasteiger partial charge in [-0.05, 0) is 49.1 Å². The SMILES string of the molecule is CN1CCN(c2ccc(Nc3cc(N4CCCC(NC(=O)c5ccc(C(C)(C)C)cn5)C4)cnn3)nc2)CC1. The van der Waals surface area contributed by atoms with E-state index in [0.717, 1.165) is 68.3 Å². The number of nitrogens with zero attached hydrogens (tertiary/aromatic N) is 7. The van der Waals surface area contributed by atoms with Crippen LogP contribution in [0, 0.1) is 0 Å². The average molecular weight is 530 g/mol. The van der Waals surface area contributed by atoms with Gasteiger partial charge in [0.15, 0.2) is 5.82 Å². The van der Waals surface area contributed by atoms with Crippen LogP contribution in [0.25, 0.3) is 0 Å². The molecular weight excluding hydrogens is 490 g/mol. The molecule has 0 saturated carbocycles. The molecule has 10 nitrogen and oxygen atoms in total. The largest absolute Gasteiger partial charge is 0.368 e. The van der Waals surface area contributed by atoms with Crippen LogP contribution in [0.15, 0.2) is 48.9 Å². The third kappa shape index (κ3) is 6.81.